The van der Waals surface area contributed by atoms with E-state index in [9.17, 15) is 9.59 Å². The fourth-order valence-corrected chi connectivity index (χ4v) is 3.78. The fraction of sp³-hybridized carbons (Fsp3) is 0.292. The van der Waals surface area contributed by atoms with Crippen LogP contribution in [0.25, 0.3) is 22.2 Å². The summed E-state index contributed by atoms with van der Waals surface area (Å²) < 4.78 is 5.22. The Morgan fingerprint density at radius 2 is 1.80 bits per heavy atom. The topological polar surface area (TPSA) is 71.5 Å². The average molecular weight is 403 g/mol. The van der Waals surface area contributed by atoms with Gasteiger partial charge in [0.05, 0.1) is 23.9 Å². The zero-order chi connectivity index (χ0) is 20.9. The van der Waals surface area contributed by atoms with Crippen molar-refractivity contribution in [1.82, 2.24) is 15.2 Å². The number of aromatic nitrogens is 1. The second-order valence-corrected chi connectivity index (χ2v) is 7.39. The van der Waals surface area contributed by atoms with E-state index in [0.717, 1.165) is 53.8 Å². The van der Waals surface area contributed by atoms with Crippen LogP contribution in [0.1, 0.15) is 29.6 Å². The van der Waals surface area contributed by atoms with Gasteiger partial charge >= 0.3 is 0 Å². The van der Waals surface area contributed by atoms with Crippen LogP contribution in [0.2, 0.25) is 0 Å². The second-order valence-electron chi connectivity index (χ2n) is 7.39. The summed E-state index contributed by atoms with van der Waals surface area (Å²) >= 11 is 0. The third kappa shape index (κ3) is 4.27. The Balaban J connectivity index is 1.55. The molecule has 1 aliphatic heterocycles. The summed E-state index contributed by atoms with van der Waals surface area (Å²) in [5.74, 6) is 0.670. The van der Waals surface area contributed by atoms with E-state index < -0.39 is 0 Å². The number of carbonyl (C=O) groups excluding carboxylic acids is 2. The van der Waals surface area contributed by atoms with Crippen molar-refractivity contribution in [3.05, 3.63) is 60.2 Å². The number of rotatable bonds is 6. The first-order valence-corrected chi connectivity index (χ1v) is 10.3. The maximum atomic E-state index is 13.0. The van der Waals surface area contributed by atoms with Crippen LogP contribution in [0.5, 0.6) is 5.75 Å². The summed E-state index contributed by atoms with van der Waals surface area (Å²) in [6, 6.07) is 17.0. The summed E-state index contributed by atoms with van der Waals surface area (Å²) in [5.41, 5.74) is 2.93. The van der Waals surface area contributed by atoms with Gasteiger partial charge in [-0.05, 0) is 49.2 Å². The molecule has 0 spiro atoms. The maximum absolute atomic E-state index is 13.0. The summed E-state index contributed by atoms with van der Waals surface area (Å²) in [4.78, 5) is 31.8. The van der Waals surface area contributed by atoms with Crippen molar-refractivity contribution in [3.8, 4) is 17.0 Å². The Morgan fingerprint density at radius 1 is 1.07 bits per heavy atom. The van der Waals surface area contributed by atoms with Gasteiger partial charge in [0.25, 0.3) is 5.91 Å². The van der Waals surface area contributed by atoms with Crippen LogP contribution in [-0.4, -0.2) is 48.4 Å². The SMILES string of the molecule is COc1ccc(-c2cc(C(=O)NCCC(=O)N3CCCC3)c3ccccc3n2)cc1. The molecular weight excluding hydrogens is 378 g/mol. The lowest BCUT2D eigenvalue weighted by Crippen LogP contribution is -2.32. The van der Waals surface area contributed by atoms with Crippen molar-refractivity contribution < 1.29 is 14.3 Å². The molecule has 154 valence electrons. The quantitative estimate of drug-likeness (QED) is 0.682. The molecular formula is C24H25N3O3. The van der Waals surface area contributed by atoms with Gasteiger partial charge in [-0.15, -0.1) is 0 Å². The molecule has 30 heavy (non-hydrogen) atoms. The number of carbonyl (C=O) groups is 2. The van der Waals surface area contributed by atoms with E-state index in [1.165, 1.54) is 0 Å². The van der Waals surface area contributed by atoms with Crippen molar-refractivity contribution in [3.63, 3.8) is 0 Å². The summed E-state index contributed by atoms with van der Waals surface area (Å²) in [7, 11) is 1.63. The monoisotopic (exact) mass is 403 g/mol. The van der Waals surface area contributed by atoms with Gasteiger partial charge in [-0.2, -0.15) is 0 Å². The molecule has 0 bridgehead atoms. The minimum Gasteiger partial charge on any atom is -0.497 e. The molecule has 0 aliphatic carbocycles. The Kier molecular flexibility index (Phi) is 5.93. The Bertz CT molecular complexity index is 1060. The lowest BCUT2D eigenvalue weighted by molar-refractivity contribution is -0.129. The molecule has 2 aromatic carbocycles. The van der Waals surface area contributed by atoms with E-state index in [1.807, 2.05) is 59.5 Å². The minimum absolute atomic E-state index is 0.103. The van der Waals surface area contributed by atoms with Gasteiger partial charge in [-0.25, -0.2) is 4.98 Å². The molecule has 0 saturated carbocycles. The maximum Gasteiger partial charge on any atom is 0.252 e. The minimum atomic E-state index is -0.197. The summed E-state index contributed by atoms with van der Waals surface area (Å²) in [6.07, 6.45) is 2.45. The normalized spacial score (nSPS) is 13.4. The van der Waals surface area contributed by atoms with Crippen LogP contribution >= 0.6 is 0 Å². The van der Waals surface area contributed by atoms with Gasteiger partial charge in [0.15, 0.2) is 0 Å². The van der Waals surface area contributed by atoms with Crippen molar-refractivity contribution in [2.45, 2.75) is 19.3 Å². The smallest absolute Gasteiger partial charge is 0.252 e. The molecule has 1 N–H and O–H groups in total. The number of fused-ring (bicyclic) bond motifs is 1. The van der Waals surface area contributed by atoms with Gasteiger partial charge in [0.2, 0.25) is 5.91 Å². The van der Waals surface area contributed by atoms with Crippen LogP contribution < -0.4 is 10.1 Å². The molecule has 0 unspecified atom stereocenters. The predicted molar refractivity (Wildman–Crippen MR) is 116 cm³/mol. The number of pyridine rings is 1. The van der Waals surface area contributed by atoms with Gasteiger partial charge in [-0.3, -0.25) is 9.59 Å². The summed E-state index contributed by atoms with van der Waals surface area (Å²) in [5, 5.41) is 3.70. The average Bonchev–Trinajstić information content (AvgIpc) is 3.33. The Hall–Kier alpha value is -3.41. The fourth-order valence-electron chi connectivity index (χ4n) is 3.78. The Morgan fingerprint density at radius 3 is 2.53 bits per heavy atom. The Labute approximate surface area is 175 Å². The molecule has 6 nitrogen and oxygen atoms in total. The molecule has 1 aliphatic rings. The molecule has 1 aromatic heterocycles. The zero-order valence-electron chi connectivity index (χ0n) is 17.1. The van der Waals surface area contributed by atoms with E-state index in [1.54, 1.807) is 7.11 Å². The van der Waals surface area contributed by atoms with E-state index in [4.69, 9.17) is 9.72 Å². The number of methoxy groups -OCH3 is 1. The first-order chi connectivity index (χ1) is 14.7. The lowest BCUT2D eigenvalue weighted by atomic mass is 10.0. The number of nitrogens with one attached hydrogen (secondary N) is 1. The highest BCUT2D eigenvalue weighted by Crippen LogP contribution is 2.26. The lowest BCUT2D eigenvalue weighted by Gasteiger charge is -2.15. The van der Waals surface area contributed by atoms with Crippen molar-refractivity contribution in [1.29, 1.82) is 0 Å². The molecule has 3 aromatic rings. The van der Waals surface area contributed by atoms with Crippen molar-refractivity contribution in [2.24, 2.45) is 0 Å². The van der Waals surface area contributed by atoms with Crippen LogP contribution in [0.4, 0.5) is 0 Å². The molecule has 6 heteroatoms. The third-order valence-corrected chi connectivity index (χ3v) is 5.43. The number of ether oxygens (including phenoxy) is 1. The van der Waals surface area contributed by atoms with E-state index in [0.29, 0.717) is 18.5 Å². The number of hydrogen-bond acceptors (Lipinski definition) is 4. The van der Waals surface area contributed by atoms with E-state index >= 15 is 0 Å². The standard InChI is InChI=1S/C24H25N3O3/c1-30-18-10-8-17(9-11-18)22-16-20(19-6-2-3-7-21(19)26-22)24(29)25-13-12-23(28)27-14-4-5-15-27/h2-3,6-11,16H,4-5,12-15H2,1H3,(H,25,29). The largest absolute Gasteiger partial charge is 0.497 e. The van der Waals surface area contributed by atoms with E-state index in [-0.39, 0.29) is 11.8 Å². The number of benzene rings is 2. The van der Waals surface area contributed by atoms with Crippen LogP contribution in [0.15, 0.2) is 54.6 Å². The molecule has 2 heterocycles. The number of nitrogens with zero attached hydrogens (tertiary/aromatic N) is 2. The molecule has 0 radical (unpaired) electrons. The number of likely N-dealkylation sites (tertiary alicyclic amines) is 1. The first kappa shape index (κ1) is 19.9. The third-order valence-electron chi connectivity index (χ3n) is 5.43. The highest BCUT2D eigenvalue weighted by molar-refractivity contribution is 6.07. The predicted octanol–water partition coefficient (Wildman–Crippen LogP) is 3.65. The number of hydrogen-bond donors (Lipinski definition) is 1. The molecule has 2 amide bonds. The highest BCUT2D eigenvalue weighted by Gasteiger charge is 2.18. The second kappa shape index (κ2) is 8.95. The zero-order valence-corrected chi connectivity index (χ0v) is 17.1. The van der Waals surface area contributed by atoms with Crippen LogP contribution in [0.3, 0.4) is 0 Å². The molecule has 1 fully saturated rings. The van der Waals surface area contributed by atoms with E-state index in [2.05, 4.69) is 5.32 Å². The van der Waals surface area contributed by atoms with Gasteiger partial charge in [0.1, 0.15) is 5.75 Å². The highest BCUT2D eigenvalue weighted by atomic mass is 16.5. The number of para-hydroxylation sites is 1. The van der Waals surface area contributed by atoms with Crippen molar-refractivity contribution >= 4 is 22.7 Å². The molecule has 4 rings (SSSR count). The van der Waals surface area contributed by atoms with Crippen LogP contribution in [0, 0.1) is 0 Å². The van der Waals surface area contributed by atoms with Crippen molar-refractivity contribution in [2.75, 3.05) is 26.7 Å². The van der Waals surface area contributed by atoms with Gasteiger partial charge in [-0.1, -0.05) is 18.2 Å². The van der Waals surface area contributed by atoms with Crippen LogP contribution in [-0.2, 0) is 4.79 Å². The molecule has 1 saturated heterocycles. The first-order valence-electron chi connectivity index (χ1n) is 10.3. The van der Waals surface area contributed by atoms with Gasteiger partial charge in [0, 0.05) is 37.0 Å². The van der Waals surface area contributed by atoms with Gasteiger partial charge < -0.3 is 15.0 Å². The molecule has 0 atom stereocenters. The summed E-state index contributed by atoms with van der Waals surface area (Å²) in [6.45, 7) is 1.97. The number of amides is 2.